The average molecular weight is 428 g/mol. The van der Waals surface area contributed by atoms with Crippen LogP contribution in [0.5, 0.6) is 0 Å². The lowest BCUT2D eigenvalue weighted by Gasteiger charge is -2.22. The van der Waals surface area contributed by atoms with Gasteiger partial charge in [0.05, 0.1) is 21.8 Å². The van der Waals surface area contributed by atoms with Gasteiger partial charge < -0.3 is 5.11 Å². The van der Waals surface area contributed by atoms with Gasteiger partial charge in [0.25, 0.3) is 5.78 Å². The summed E-state index contributed by atoms with van der Waals surface area (Å²) in [5.41, 5.74) is 2.83. The molecular weight excluding hydrogens is 412 g/mol. The summed E-state index contributed by atoms with van der Waals surface area (Å²) >= 11 is 1.33. The summed E-state index contributed by atoms with van der Waals surface area (Å²) in [5, 5.41) is 11.4. The zero-order valence-corrected chi connectivity index (χ0v) is 17.2. The van der Waals surface area contributed by atoms with Crippen molar-refractivity contribution in [3.8, 4) is 0 Å². The fourth-order valence-electron chi connectivity index (χ4n) is 3.67. The van der Waals surface area contributed by atoms with Crippen molar-refractivity contribution in [1.82, 2.24) is 15.0 Å². The predicted molar refractivity (Wildman–Crippen MR) is 118 cm³/mol. The number of ketones is 1. The first-order chi connectivity index (χ1) is 15.0. The van der Waals surface area contributed by atoms with Gasteiger partial charge in [-0.05, 0) is 48.4 Å². The van der Waals surface area contributed by atoms with Gasteiger partial charge in [-0.1, -0.05) is 23.5 Å². The molecular formula is C23H16N4O3S. The van der Waals surface area contributed by atoms with E-state index in [-0.39, 0.29) is 11.3 Å². The number of rotatable bonds is 3. The molecule has 1 N–H and O–H groups in total. The highest BCUT2D eigenvalue weighted by molar-refractivity contribution is 7.22. The molecule has 1 aliphatic heterocycles. The summed E-state index contributed by atoms with van der Waals surface area (Å²) in [6.45, 7) is 1.98. The van der Waals surface area contributed by atoms with Crippen molar-refractivity contribution < 1.29 is 14.7 Å². The fraction of sp³-hybridized carbons (Fsp3) is 0.0870. The third-order valence-corrected chi connectivity index (χ3v) is 6.15. The molecule has 31 heavy (non-hydrogen) atoms. The molecule has 1 fully saturated rings. The summed E-state index contributed by atoms with van der Waals surface area (Å²) in [7, 11) is 0. The number of anilines is 1. The Morgan fingerprint density at radius 2 is 1.87 bits per heavy atom. The molecule has 1 atom stereocenters. The second-order valence-electron chi connectivity index (χ2n) is 7.16. The lowest BCUT2D eigenvalue weighted by Crippen LogP contribution is -2.29. The number of Topliss-reactive ketones (excluding diaryl/α,β-unsaturated/α-hetero) is 1. The molecule has 7 nitrogen and oxygen atoms in total. The van der Waals surface area contributed by atoms with Crippen molar-refractivity contribution in [2.24, 2.45) is 0 Å². The number of hydrogen-bond acceptors (Lipinski definition) is 7. The second-order valence-corrected chi connectivity index (χ2v) is 8.17. The maximum absolute atomic E-state index is 13.1. The number of hydrogen-bond donors (Lipinski definition) is 1. The Bertz CT molecular complexity index is 1350. The number of carbonyl (C=O) groups is 2. The normalized spacial score (nSPS) is 18.1. The van der Waals surface area contributed by atoms with Gasteiger partial charge in [0.15, 0.2) is 5.13 Å². The van der Waals surface area contributed by atoms with E-state index in [1.165, 1.54) is 28.6 Å². The Balaban J connectivity index is 1.73. The number of carbonyl (C=O) groups excluding carboxylic acids is 2. The smallest absolute Gasteiger partial charge is 0.301 e. The van der Waals surface area contributed by atoms with Gasteiger partial charge in [0.2, 0.25) is 0 Å². The van der Waals surface area contributed by atoms with Crippen LogP contribution in [0.4, 0.5) is 5.13 Å². The van der Waals surface area contributed by atoms with Crippen molar-refractivity contribution >= 4 is 44.1 Å². The minimum absolute atomic E-state index is 0.000336. The first-order valence-electron chi connectivity index (χ1n) is 9.53. The van der Waals surface area contributed by atoms with Crippen molar-refractivity contribution in [2.75, 3.05) is 4.90 Å². The zero-order valence-electron chi connectivity index (χ0n) is 16.4. The SMILES string of the molecule is Cc1ccc2nc(N3C(=O)C(=O)C(=C(O)c4ccncc4)C3c3cccnc3)sc2c1. The Labute approximate surface area is 181 Å². The van der Waals surface area contributed by atoms with Crippen molar-refractivity contribution in [2.45, 2.75) is 13.0 Å². The minimum atomic E-state index is -0.844. The monoisotopic (exact) mass is 428 g/mol. The van der Waals surface area contributed by atoms with Gasteiger partial charge in [-0.2, -0.15) is 0 Å². The Kier molecular flexibility index (Phi) is 4.56. The van der Waals surface area contributed by atoms with Crippen molar-refractivity contribution in [1.29, 1.82) is 0 Å². The third kappa shape index (κ3) is 3.17. The molecule has 0 saturated carbocycles. The number of aliphatic hydroxyl groups is 1. The molecule has 152 valence electrons. The van der Waals surface area contributed by atoms with E-state index in [2.05, 4.69) is 15.0 Å². The van der Waals surface area contributed by atoms with Crippen LogP contribution < -0.4 is 4.90 Å². The molecule has 8 heteroatoms. The van der Waals surface area contributed by atoms with Gasteiger partial charge in [-0.25, -0.2) is 4.98 Å². The van der Waals surface area contributed by atoms with Crippen LogP contribution in [-0.4, -0.2) is 31.7 Å². The van der Waals surface area contributed by atoms with E-state index in [9.17, 15) is 14.7 Å². The maximum atomic E-state index is 13.1. The van der Waals surface area contributed by atoms with Gasteiger partial charge >= 0.3 is 5.91 Å². The Hall–Kier alpha value is -3.91. The van der Waals surface area contributed by atoms with E-state index in [4.69, 9.17) is 0 Å². The molecule has 1 aromatic carbocycles. The lowest BCUT2D eigenvalue weighted by atomic mass is 9.97. The molecule has 4 heterocycles. The van der Waals surface area contributed by atoms with Gasteiger partial charge in [0.1, 0.15) is 5.76 Å². The highest BCUT2D eigenvalue weighted by Crippen LogP contribution is 2.44. The number of aliphatic hydroxyl groups excluding tert-OH is 1. The minimum Gasteiger partial charge on any atom is -0.507 e. The van der Waals surface area contributed by atoms with Crippen molar-refractivity contribution in [3.63, 3.8) is 0 Å². The van der Waals surface area contributed by atoms with Crippen molar-refractivity contribution in [3.05, 3.63) is 89.5 Å². The Morgan fingerprint density at radius 1 is 1.06 bits per heavy atom. The van der Waals surface area contributed by atoms with Crippen LogP contribution in [0.15, 0.2) is 72.8 Å². The van der Waals surface area contributed by atoms with Gasteiger partial charge in [0, 0.05) is 30.4 Å². The molecule has 3 aromatic heterocycles. The fourth-order valence-corrected chi connectivity index (χ4v) is 4.76. The molecule has 0 radical (unpaired) electrons. The molecule has 1 saturated heterocycles. The number of fused-ring (bicyclic) bond motifs is 1. The summed E-state index contributed by atoms with van der Waals surface area (Å²) in [5.74, 6) is -1.76. The summed E-state index contributed by atoms with van der Waals surface area (Å²) in [4.78, 5) is 40.3. The summed E-state index contributed by atoms with van der Waals surface area (Å²) < 4.78 is 0.913. The largest absolute Gasteiger partial charge is 0.507 e. The van der Waals surface area contributed by atoms with Crippen LogP contribution in [0.25, 0.3) is 16.0 Å². The van der Waals surface area contributed by atoms with E-state index in [0.29, 0.717) is 16.3 Å². The zero-order chi connectivity index (χ0) is 21.5. The van der Waals surface area contributed by atoms with E-state index in [1.807, 2.05) is 25.1 Å². The number of aryl methyl sites for hydroxylation is 1. The second kappa shape index (κ2) is 7.41. The molecule has 0 aliphatic carbocycles. The molecule has 0 spiro atoms. The predicted octanol–water partition coefficient (Wildman–Crippen LogP) is 4.02. The van der Waals surface area contributed by atoms with E-state index >= 15 is 0 Å². The maximum Gasteiger partial charge on any atom is 0.301 e. The number of nitrogens with zero attached hydrogens (tertiary/aromatic N) is 4. The number of benzene rings is 1. The molecule has 0 bridgehead atoms. The number of aromatic nitrogens is 3. The van der Waals surface area contributed by atoms with Gasteiger partial charge in [-0.3, -0.25) is 24.5 Å². The van der Waals surface area contributed by atoms with Crippen LogP contribution in [0, 0.1) is 6.92 Å². The number of thiazole rings is 1. The first kappa shape index (κ1) is 19.1. The quantitative estimate of drug-likeness (QED) is 0.301. The van der Waals surface area contributed by atoms with Crippen LogP contribution in [0.2, 0.25) is 0 Å². The molecule has 1 unspecified atom stereocenters. The molecule has 4 aromatic rings. The highest BCUT2D eigenvalue weighted by Gasteiger charge is 2.48. The molecule has 5 rings (SSSR count). The topological polar surface area (TPSA) is 96.3 Å². The lowest BCUT2D eigenvalue weighted by molar-refractivity contribution is -0.132. The molecule has 1 amide bonds. The van der Waals surface area contributed by atoms with Crippen LogP contribution in [-0.2, 0) is 9.59 Å². The average Bonchev–Trinajstić information content (AvgIpc) is 3.32. The van der Waals surface area contributed by atoms with Crippen LogP contribution in [0.1, 0.15) is 22.7 Å². The number of amides is 1. The summed E-state index contributed by atoms with van der Waals surface area (Å²) in [6, 6.07) is 11.6. The highest BCUT2D eigenvalue weighted by atomic mass is 32.1. The number of pyridine rings is 2. The summed E-state index contributed by atoms with van der Waals surface area (Å²) in [6.07, 6.45) is 6.22. The first-order valence-corrected chi connectivity index (χ1v) is 10.3. The van der Waals surface area contributed by atoms with Gasteiger partial charge in [-0.15, -0.1) is 0 Å². The van der Waals surface area contributed by atoms with Crippen LogP contribution in [0.3, 0.4) is 0 Å². The van der Waals surface area contributed by atoms with E-state index < -0.39 is 17.7 Å². The standard InChI is InChI=1S/C23H16N4O3S/c1-13-4-5-16-17(11-13)31-23(26-16)27-19(15-3-2-8-25-12-15)18(21(29)22(27)30)20(28)14-6-9-24-10-7-14/h2-12,19,28H,1H3. The third-order valence-electron chi connectivity index (χ3n) is 5.14. The Morgan fingerprint density at radius 3 is 2.61 bits per heavy atom. The van der Waals surface area contributed by atoms with Crippen LogP contribution >= 0.6 is 11.3 Å². The van der Waals surface area contributed by atoms with E-state index in [0.717, 1.165) is 15.8 Å². The van der Waals surface area contributed by atoms with E-state index in [1.54, 1.807) is 36.7 Å². The molecule has 1 aliphatic rings.